The number of amides is 1. The van der Waals surface area contributed by atoms with Crippen LogP contribution in [0.4, 0.5) is 5.82 Å². The van der Waals surface area contributed by atoms with Gasteiger partial charge in [-0.2, -0.15) is 0 Å². The summed E-state index contributed by atoms with van der Waals surface area (Å²) >= 11 is 0. The number of fused-ring (bicyclic) bond motifs is 1. The Hall–Kier alpha value is -1.58. The molecule has 4 nitrogen and oxygen atoms in total. The Kier molecular flexibility index (Phi) is 4.42. The molecule has 0 aromatic carbocycles. The van der Waals surface area contributed by atoms with Crippen LogP contribution >= 0.6 is 0 Å². The summed E-state index contributed by atoms with van der Waals surface area (Å²) in [6.45, 7) is 3.91. The van der Waals surface area contributed by atoms with E-state index < -0.39 is 0 Å². The van der Waals surface area contributed by atoms with E-state index in [9.17, 15) is 4.79 Å². The first-order valence-electron chi connectivity index (χ1n) is 8.31. The fraction of sp³-hybridized carbons (Fsp3) is 0.647. The summed E-state index contributed by atoms with van der Waals surface area (Å²) in [5.41, 5.74) is 0.585. The maximum atomic E-state index is 12.8. The van der Waals surface area contributed by atoms with Gasteiger partial charge in [-0.3, -0.25) is 4.79 Å². The van der Waals surface area contributed by atoms with Crippen LogP contribution in [0, 0.1) is 5.92 Å². The molecule has 1 amide bonds. The predicted octanol–water partition coefficient (Wildman–Crippen LogP) is 3.31. The Labute approximate surface area is 126 Å². The molecule has 114 valence electrons. The van der Waals surface area contributed by atoms with Gasteiger partial charge in [0.15, 0.2) is 0 Å². The molecule has 2 unspecified atom stereocenters. The lowest BCUT2D eigenvalue weighted by molar-refractivity contribution is 0.0684. The third-order valence-electron chi connectivity index (χ3n) is 4.80. The highest BCUT2D eigenvalue weighted by atomic mass is 16.2. The number of aromatic nitrogens is 1. The Morgan fingerprint density at radius 3 is 3.05 bits per heavy atom. The summed E-state index contributed by atoms with van der Waals surface area (Å²) in [6, 6.07) is 6.16. The van der Waals surface area contributed by atoms with Crippen LogP contribution in [0.2, 0.25) is 0 Å². The molecule has 0 radical (unpaired) electrons. The maximum Gasteiger partial charge on any atom is 0.272 e. The van der Waals surface area contributed by atoms with Gasteiger partial charge in [0, 0.05) is 19.1 Å². The SMILES string of the molecule is CCCNc1cccc(C(=O)N2CCC3CCCCC32)n1. The van der Waals surface area contributed by atoms with Crippen molar-refractivity contribution in [3.05, 3.63) is 23.9 Å². The van der Waals surface area contributed by atoms with E-state index in [1.807, 2.05) is 18.2 Å². The number of anilines is 1. The first-order valence-corrected chi connectivity index (χ1v) is 8.31. The van der Waals surface area contributed by atoms with Gasteiger partial charge in [-0.05, 0) is 43.7 Å². The van der Waals surface area contributed by atoms with Crippen molar-refractivity contribution in [3.63, 3.8) is 0 Å². The zero-order valence-corrected chi connectivity index (χ0v) is 12.8. The number of rotatable bonds is 4. The van der Waals surface area contributed by atoms with Crippen molar-refractivity contribution in [2.75, 3.05) is 18.4 Å². The first-order chi connectivity index (χ1) is 10.3. The summed E-state index contributed by atoms with van der Waals surface area (Å²) in [5, 5.41) is 3.25. The van der Waals surface area contributed by atoms with Crippen LogP contribution in [-0.2, 0) is 0 Å². The van der Waals surface area contributed by atoms with Gasteiger partial charge in [-0.25, -0.2) is 4.98 Å². The summed E-state index contributed by atoms with van der Waals surface area (Å²) in [4.78, 5) is 19.3. The van der Waals surface area contributed by atoms with E-state index in [-0.39, 0.29) is 5.91 Å². The smallest absolute Gasteiger partial charge is 0.272 e. The molecule has 0 bridgehead atoms. The zero-order chi connectivity index (χ0) is 14.7. The van der Waals surface area contributed by atoms with E-state index in [0.29, 0.717) is 11.7 Å². The minimum atomic E-state index is 0.115. The van der Waals surface area contributed by atoms with Gasteiger partial charge in [0.25, 0.3) is 5.91 Å². The molecule has 4 heteroatoms. The lowest BCUT2D eigenvalue weighted by Crippen LogP contribution is -2.39. The number of carbonyl (C=O) groups is 1. The number of hydrogen-bond donors (Lipinski definition) is 1. The van der Waals surface area contributed by atoms with Gasteiger partial charge in [-0.15, -0.1) is 0 Å². The summed E-state index contributed by atoms with van der Waals surface area (Å²) < 4.78 is 0. The molecule has 1 aromatic heterocycles. The number of nitrogens with zero attached hydrogens (tertiary/aromatic N) is 2. The third kappa shape index (κ3) is 3.04. The molecule has 2 aliphatic rings. The van der Waals surface area contributed by atoms with Gasteiger partial charge in [0.1, 0.15) is 11.5 Å². The molecule has 2 fully saturated rings. The average molecular weight is 287 g/mol. The van der Waals surface area contributed by atoms with Crippen LogP contribution in [0.3, 0.4) is 0 Å². The lowest BCUT2D eigenvalue weighted by Gasteiger charge is -2.31. The minimum absolute atomic E-state index is 0.115. The molecule has 1 saturated heterocycles. The number of pyridine rings is 1. The molecule has 1 aliphatic carbocycles. The van der Waals surface area contributed by atoms with Crippen molar-refractivity contribution >= 4 is 11.7 Å². The van der Waals surface area contributed by atoms with Gasteiger partial charge >= 0.3 is 0 Å². The van der Waals surface area contributed by atoms with Crippen LogP contribution in [-0.4, -0.2) is 34.9 Å². The third-order valence-corrected chi connectivity index (χ3v) is 4.80. The zero-order valence-electron chi connectivity index (χ0n) is 12.8. The van der Waals surface area contributed by atoms with Gasteiger partial charge in [-0.1, -0.05) is 25.8 Å². The fourth-order valence-corrected chi connectivity index (χ4v) is 3.71. The van der Waals surface area contributed by atoms with Crippen LogP contribution in [0.15, 0.2) is 18.2 Å². The molecule has 1 saturated carbocycles. The van der Waals surface area contributed by atoms with Crippen molar-refractivity contribution < 1.29 is 4.79 Å². The molecule has 1 aromatic rings. The topological polar surface area (TPSA) is 45.2 Å². The molecule has 1 aliphatic heterocycles. The number of carbonyl (C=O) groups excluding carboxylic acids is 1. The quantitative estimate of drug-likeness (QED) is 0.924. The van der Waals surface area contributed by atoms with Crippen LogP contribution in [0.5, 0.6) is 0 Å². The van der Waals surface area contributed by atoms with E-state index in [0.717, 1.165) is 31.2 Å². The first kappa shape index (κ1) is 14.4. The second-order valence-electron chi connectivity index (χ2n) is 6.23. The van der Waals surface area contributed by atoms with Crippen LogP contribution in [0.25, 0.3) is 0 Å². The van der Waals surface area contributed by atoms with Crippen molar-refractivity contribution in [1.29, 1.82) is 0 Å². The summed E-state index contributed by atoms with van der Waals surface area (Å²) in [7, 11) is 0. The van der Waals surface area contributed by atoms with Gasteiger partial charge in [0.05, 0.1) is 0 Å². The minimum Gasteiger partial charge on any atom is -0.370 e. The second-order valence-corrected chi connectivity index (χ2v) is 6.23. The fourth-order valence-electron chi connectivity index (χ4n) is 3.71. The predicted molar refractivity (Wildman–Crippen MR) is 84.4 cm³/mol. The van der Waals surface area contributed by atoms with E-state index >= 15 is 0 Å². The van der Waals surface area contributed by atoms with Crippen LogP contribution < -0.4 is 5.32 Å². The highest BCUT2D eigenvalue weighted by Gasteiger charge is 2.38. The molecule has 21 heavy (non-hydrogen) atoms. The Balaban J connectivity index is 1.72. The number of nitrogens with one attached hydrogen (secondary N) is 1. The summed E-state index contributed by atoms with van der Waals surface area (Å²) in [5.74, 6) is 1.65. The Morgan fingerprint density at radius 2 is 2.19 bits per heavy atom. The molecular weight excluding hydrogens is 262 g/mol. The Morgan fingerprint density at radius 1 is 1.33 bits per heavy atom. The average Bonchev–Trinajstić information content (AvgIpc) is 2.96. The highest BCUT2D eigenvalue weighted by Crippen LogP contribution is 2.36. The monoisotopic (exact) mass is 287 g/mol. The lowest BCUT2D eigenvalue weighted by atomic mass is 9.85. The van der Waals surface area contributed by atoms with E-state index in [1.165, 1.54) is 32.1 Å². The van der Waals surface area contributed by atoms with Crippen molar-refractivity contribution in [3.8, 4) is 0 Å². The molecule has 1 N–H and O–H groups in total. The normalized spacial score (nSPS) is 24.7. The van der Waals surface area contributed by atoms with E-state index in [2.05, 4.69) is 22.1 Å². The second kappa shape index (κ2) is 6.46. The maximum absolute atomic E-state index is 12.8. The van der Waals surface area contributed by atoms with E-state index in [4.69, 9.17) is 0 Å². The molecular formula is C17H25N3O. The van der Waals surface area contributed by atoms with Crippen molar-refractivity contribution in [1.82, 2.24) is 9.88 Å². The van der Waals surface area contributed by atoms with Gasteiger partial charge < -0.3 is 10.2 Å². The highest BCUT2D eigenvalue weighted by molar-refractivity contribution is 5.93. The largest absolute Gasteiger partial charge is 0.370 e. The standard InChI is InChI=1S/C17H25N3O/c1-2-11-18-16-9-5-7-14(19-16)17(21)20-12-10-13-6-3-4-8-15(13)20/h5,7,9,13,15H,2-4,6,8,10-12H2,1H3,(H,18,19). The molecule has 3 rings (SSSR count). The number of likely N-dealkylation sites (tertiary alicyclic amines) is 1. The van der Waals surface area contributed by atoms with E-state index in [1.54, 1.807) is 0 Å². The molecule has 2 heterocycles. The van der Waals surface area contributed by atoms with Crippen molar-refractivity contribution in [2.45, 2.75) is 51.5 Å². The molecule has 0 spiro atoms. The number of hydrogen-bond acceptors (Lipinski definition) is 3. The van der Waals surface area contributed by atoms with Crippen molar-refractivity contribution in [2.24, 2.45) is 5.92 Å². The van der Waals surface area contributed by atoms with Gasteiger partial charge in [0.2, 0.25) is 0 Å². The Bertz CT molecular complexity index is 503. The van der Waals surface area contributed by atoms with Crippen LogP contribution in [0.1, 0.15) is 55.9 Å². The molecule has 2 atom stereocenters. The summed E-state index contributed by atoms with van der Waals surface area (Å²) in [6.07, 6.45) is 7.28.